The third kappa shape index (κ3) is 2.64. The van der Waals surface area contributed by atoms with Crippen LogP contribution in [0.2, 0.25) is 0 Å². The Bertz CT molecular complexity index is 304. The smallest absolute Gasteiger partial charge is 0.0935 e. The number of thioether (sulfide) groups is 1. The summed E-state index contributed by atoms with van der Waals surface area (Å²) >= 11 is 2.12. The van der Waals surface area contributed by atoms with Gasteiger partial charge in [0, 0.05) is 10.8 Å². The Morgan fingerprint density at radius 2 is 2.50 bits per heavy atom. The molecule has 0 saturated carbocycles. The van der Waals surface area contributed by atoms with Crippen LogP contribution in [-0.4, -0.2) is 23.1 Å². The van der Waals surface area contributed by atoms with Crippen molar-refractivity contribution in [2.24, 2.45) is 0 Å². The Morgan fingerprint density at radius 3 is 3.06 bits per heavy atom. The van der Waals surface area contributed by atoms with Gasteiger partial charge in [-0.2, -0.15) is 11.8 Å². The molecule has 2 unspecified atom stereocenters. The van der Waals surface area contributed by atoms with Gasteiger partial charge in [-0.05, 0) is 50.1 Å². The van der Waals surface area contributed by atoms with E-state index in [9.17, 15) is 0 Å². The highest BCUT2D eigenvalue weighted by atomic mass is 32.2. The Balaban J connectivity index is 2.04. The molecule has 1 aliphatic rings. The van der Waals surface area contributed by atoms with Crippen LogP contribution in [0.1, 0.15) is 32.3 Å². The van der Waals surface area contributed by atoms with E-state index in [0.717, 1.165) is 13.0 Å². The van der Waals surface area contributed by atoms with E-state index in [-0.39, 0.29) is 0 Å². The maximum Gasteiger partial charge on any atom is 0.0935 e. The molecule has 2 rings (SSSR count). The number of rotatable bonds is 5. The highest BCUT2D eigenvalue weighted by molar-refractivity contribution is 8.00. The fourth-order valence-electron chi connectivity index (χ4n) is 2.47. The summed E-state index contributed by atoms with van der Waals surface area (Å²) < 4.78 is 5.55. The molecule has 16 heavy (non-hydrogen) atoms. The molecule has 0 bridgehead atoms. The van der Waals surface area contributed by atoms with Crippen LogP contribution in [-0.2, 0) is 6.42 Å². The lowest BCUT2D eigenvalue weighted by atomic mass is 9.91. The normalized spacial score (nSPS) is 27.1. The number of nitrogens with one attached hydrogen (secondary N) is 1. The topological polar surface area (TPSA) is 25.2 Å². The fourth-order valence-corrected chi connectivity index (χ4v) is 3.88. The zero-order chi connectivity index (χ0) is 11.4. The van der Waals surface area contributed by atoms with Crippen LogP contribution in [0, 0.1) is 0 Å². The van der Waals surface area contributed by atoms with E-state index in [2.05, 4.69) is 37.0 Å². The van der Waals surface area contributed by atoms with E-state index in [1.807, 2.05) is 6.26 Å². The summed E-state index contributed by atoms with van der Waals surface area (Å²) in [4.78, 5) is 0. The second-order valence-corrected chi connectivity index (χ2v) is 6.34. The monoisotopic (exact) mass is 239 g/mol. The predicted octanol–water partition coefficient (Wildman–Crippen LogP) is 3.09. The van der Waals surface area contributed by atoms with Crippen molar-refractivity contribution in [3.05, 3.63) is 24.2 Å². The molecular formula is C13H21NOS. The van der Waals surface area contributed by atoms with Crippen molar-refractivity contribution in [3.8, 4) is 0 Å². The summed E-state index contributed by atoms with van der Waals surface area (Å²) in [5, 5.41) is 3.64. The first-order chi connectivity index (χ1) is 7.74. The van der Waals surface area contributed by atoms with Gasteiger partial charge in [0.1, 0.15) is 0 Å². The molecule has 0 aromatic carbocycles. The van der Waals surface area contributed by atoms with Gasteiger partial charge in [-0.3, -0.25) is 0 Å². The molecule has 0 aliphatic carbocycles. The summed E-state index contributed by atoms with van der Waals surface area (Å²) in [5.41, 5.74) is 1.31. The minimum absolute atomic E-state index is 0.396. The van der Waals surface area contributed by atoms with Crippen LogP contribution in [0.3, 0.4) is 0 Å². The molecule has 2 heterocycles. The molecule has 1 aromatic heterocycles. The number of furan rings is 1. The van der Waals surface area contributed by atoms with Gasteiger partial charge in [-0.25, -0.2) is 0 Å². The molecule has 0 spiro atoms. The molecular weight excluding hydrogens is 218 g/mol. The lowest BCUT2D eigenvalue weighted by Crippen LogP contribution is -2.46. The maximum absolute atomic E-state index is 5.15. The molecule has 1 N–H and O–H groups in total. The van der Waals surface area contributed by atoms with Crippen LogP contribution >= 0.6 is 11.8 Å². The van der Waals surface area contributed by atoms with Crippen molar-refractivity contribution in [1.82, 2.24) is 5.32 Å². The van der Waals surface area contributed by atoms with Crippen LogP contribution in [0.5, 0.6) is 0 Å². The van der Waals surface area contributed by atoms with Gasteiger partial charge in [0.25, 0.3) is 0 Å². The Morgan fingerprint density at radius 1 is 1.62 bits per heavy atom. The van der Waals surface area contributed by atoms with Crippen molar-refractivity contribution < 1.29 is 4.42 Å². The minimum atomic E-state index is 0.396. The van der Waals surface area contributed by atoms with E-state index in [1.165, 1.54) is 24.2 Å². The van der Waals surface area contributed by atoms with Crippen molar-refractivity contribution in [3.63, 3.8) is 0 Å². The molecule has 0 amide bonds. The molecule has 2 nitrogen and oxygen atoms in total. The quantitative estimate of drug-likeness (QED) is 0.855. The van der Waals surface area contributed by atoms with Crippen LogP contribution in [0.25, 0.3) is 0 Å². The van der Waals surface area contributed by atoms with Crippen molar-refractivity contribution in [2.45, 2.75) is 43.9 Å². The number of hydrogen-bond acceptors (Lipinski definition) is 3. The molecule has 1 aromatic rings. The molecule has 0 radical (unpaired) electrons. The Labute approximate surface area is 102 Å². The molecule has 1 fully saturated rings. The minimum Gasteiger partial charge on any atom is -0.472 e. The lowest BCUT2D eigenvalue weighted by Gasteiger charge is -2.33. The summed E-state index contributed by atoms with van der Waals surface area (Å²) in [5.74, 6) is 1.31. The van der Waals surface area contributed by atoms with Gasteiger partial charge in [-0.1, -0.05) is 6.92 Å². The highest BCUT2D eigenvalue weighted by Gasteiger charge is 2.37. The van der Waals surface area contributed by atoms with Gasteiger partial charge < -0.3 is 9.73 Å². The zero-order valence-corrected chi connectivity index (χ0v) is 11.0. The van der Waals surface area contributed by atoms with Gasteiger partial charge in [0.15, 0.2) is 0 Å². The number of hydrogen-bond donors (Lipinski definition) is 1. The SMILES string of the molecule is CCNC(Cc1ccoc1)C1(C)CCCS1. The summed E-state index contributed by atoms with van der Waals surface area (Å²) in [6.45, 7) is 5.63. The summed E-state index contributed by atoms with van der Waals surface area (Å²) in [7, 11) is 0. The van der Waals surface area contributed by atoms with Crippen molar-refractivity contribution in [2.75, 3.05) is 12.3 Å². The molecule has 90 valence electrons. The lowest BCUT2D eigenvalue weighted by molar-refractivity contribution is 0.405. The fraction of sp³-hybridized carbons (Fsp3) is 0.692. The van der Waals surface area contributed by atoms with Crippen molar-refractivity contribution >= 4 is 11.8 Å². The molecule has 3 heteroatoms. The summed E-state index contributed by atoms with van der Waals surface area (Å²) in [6, 6.07) is 2.63. The van der Waals surface area contributed by atoms with Crippen LogP contribution < -0.4 is 5.32 Å². The van der Waals surface area contributed by atoms with E-state index >= 15 is 0 Å². The second-order valence-electron chi connectivity index (χ2n) is 4.71. The van der Waals surface area contributed by atoms with Crippen LogP contribution in [0.15, 0.2) is 23.0 Å². The number of likely N-dealkylation sites (N-methyl/N-ethyl adjacent to an activating group) is 1. The zero-order valence-electron chi connectivity index (χ0n) is 10.2. The third-order valence-corrected chi connectivity index (χ3v) is 5.10. The Hall–Kier alpha value is -0.410. The first-order valence-corrected chi connectivity index (χ1v) is 7.11. The second kappa shape index (κ2) is 5.28. The van der Waals surface area contributed by atoms with Gasteiger partial charge in [0.05, 0.1) is 12.5 Å². The van der Waals surface area contributed by atoms with Crippen molar-refractivity contribution in [1.29, 1.82) is 0 Å². The molecule has 1 saturated heterocycles. The average Bonchev–Trinajstić information content (AvgIpc) is 2.89. The summed E-state index contributed by atoms with van der Waals surface area (Å²) in [6.07, 6.45) is 7.39. The first kappa shape index (κ1) is 12.1. The van der Waals surface area contributed by atoms with E-state index in [1.54, 1.807) is 6.26 Å². The van der Waals surface area contributed by atoms with Gasteiger partial charge in [0.2, 0.25) is 0 Å². The van der Waals surface area contributed by atoms with E-state index in [0.29, 0.717) is 10.8 Å². The average molecular weight is 239 g/mol. The van der Waals surface area contributed by atoms with Gasteiger partial charge >= 0.3 is 0 Å². The molecule has 1 aliphatic heterocycles. The van der Waals surface area contributed by atoms with E-state index < -0.39 is 0 Å². The van der Waals surface area contributed by atoms with Crippen LogP contribution in [0.4, 0.5) is 0 Å². The molecule has 2 atom stereocenters. The van der Waals surface area contributed by atoms with E-state index in [4.69, 9.17) is 4.42 Å². The standard InChI is InChI=1S/C13H21NOS/c1-3-14-12(9-11-5-7-15-10-11)13(2)6-4-8-16-13/h5,7,10,12,14H,3-4,6,8-9H2,1-2H3. The largest absolute Gasteiger partial charge is 0.472 e. The Kier molecular flexibility index (Phi) is 3.98. The highest BCUT2D eigenvalue weighted by Crippen LogP contribution is 2.41. The maximum atomic E-state index is 5.15. The first-order valence-electron chi connectivity index (χ1n) is 6.13. The predicted molar refractivity (Wildman–Crippen MR) is 70.0 cm³/mol. The third-order valence-electron chi connectivity index (χ3n) is 3.46. The van der Waals surface area contributed by atoms with Gasteiger partial charge in [-0.15, -0.1) is 0 Å².